The van der Waals surface area contributed by atoms with Gasteiger partial charge in [-0.1, -0.05) is 13.8 Å². The van der Waals surface area contributed by atoms with Crippen molar-refractivity contribution in [2.24, 2.45) is 5.92 Å². The number of hydrogen-bond acceptors (Lipinski definition) is 4. The van der Waals surface area contributed by atoms with Crippen LogP contribution in [-0.4, -0.2) is 35.9 Å². The van der Waals surface area contributed by atoms with Gasteiger partial charge in [-0.3, -0.25) is 0 Å². The van der Waals surface area contributed by atoms with Gasteiger partial charge in [0.2, 0.25) is 0 Å². The lowest BCUT2D eigenvalue weighted by Crippen LogP contribution is -2.47. The maximum absolute atomic E-state index is 8.52. The van der Waals surface area contributed by atoms with E-state index < -0.39 is 8.80 Å². The molecular weight excluding hydrogens is 150 g/mol. The van der Waals surface area contributed by atoms with Gasteiger partial charge in [0.25, 0.3) is 0 Å². The molecular formula is C5H15NO3Si. The van der Waals surface area contributed by atoms with E-state index in [9.17, 15) is 0 Å². The van der Waals surface area contributed by atoms with Crippen LogP contribution in [0.15, 0.2) is 0 Å². The Bertz CT molecular complexity index is 91.4. The van der Waals surface area contributed by atoms with Gasteiger partial charge >= 0.3 is 8.80 Å². The topological polar surface area (TPSA) is 72.7 Å². The molecule has 4 nitrogen and oxygen atoms in total. The summed E-state index contributed by atoms with van der Waals surface area (Å²) in [5.41, 5.74) is 0. The zero-order chi connectivity index (χ0) is 8.20. The molecule has 4 N–H and O–H groups in total. The monoisotopic (exact) mass is 165 g/mol. The van der Waals surface area contributed by atoms with Gasteiger partial charge in [0.15, 0.2) is 0 Å². The van der Waals surface area contributed by atoms with Crippen molar-refractivity contribution < 1.29 is 14.4 Å². The summed E-state index contributed by atoms with van der Waals surface area (Å²) >= 11 is 0. The molecule has 0 saturated carbocycles. The highest BCUT2D eigenvalue weighted by Gasteiger charge is 2.25. The number of hydrogen-bond donors (Lipinski definition) is 4. The highest BCUT2D eigenvalue weighted by atomic mass is 28.4. The molecule has 0 aromatic rings. The number of nitrogens with one attached hydrogen (secondary N) is 1. The second-order valence-electron chi connectivity index (χ2n) is 2.80. The molecule has 10 heavy (non-hydrogen) atoms. The van der Waals surface area contributed by atoms with Crippen molar-refractivity contribution >= 4 is 8.80 Å². The van der Waals surface area contributed by atoms with Gasteiger partial charge in [0.05, 0.1) is 6.17 Å². The first-order chi connectivity index (χ1) is 4.42. The van der Waals surface area contributed by atoms with E-state index in [2.05, 4.69) is 5.32 Å². The summed E-state index contributed by atoms with van der Waals surface area (Å²) < 4.78 is 0. The van der Waals surface area contributed by atoms with E-state index in [-0.39, 0.29) is 6.17 Å². The van der Waals surface area contributed by atoms with Crippen molar-refractivity contribution in [3.8, 4) is 0 Å². The molecule has 0 saturated heterocycles. The SMILES string of the molecule is CC(C)CNC[Si](O)(O)O. The van der Waals surface area contributed by atoms with Crippen LogP contribution in [0.5, 0.6) is 0 Å². The Hall–Kier alpha value is 0.0569. The average molecular weight is 165 g/mol. The molecule has 0 aliphatic rings. The van der Waals surface area contributed by atoms with Crippen LogP contribution in [0.2, 0.25) is 0 Å². The van der Waals surface area contributed by atoms with Crippen LogP contribution < -0.4 is 5.32 Å². The Balaban J connectivity index is 3.21. The fourth-order valence-electron chi connectivity index (χ4n) is 0.529. The normalized spacial score (nSPS) is 12.6. The Labute approximate surface area is 61.9 Å². The quantitative estimate of drug-likeness (QED) is 0.390. The third-order valence-electron chi connectivity index (χ3n) is 0.915. The van der Waals surface area contributed by atoms with E-state index in [0.29, 0.717) is 12.5 Å². The van der Waals surface area contributed by atoms with Crippen molar-refractivity contribution in [1.29, 1.82) is 0 Å². The Morgan fingerprint density at radius 1 is 1.30 bits per heavy atom. The maximum Gasteiger partial charge on any atom is 0.507 e. The van der Waals surface area contributed by atoms with E-state index >= 15 is 0 Å². The number of rotatable bonds is 4. The molecule has 0 aliphatic carbocycles. The summed E-state index contributed by atoms with van der Waals surface area (Å²) in [4.78, 5) is 25.6. The van der Waals surface area contributed by atoms with Crippen LogP contribution >= 0.6 is 0 Å². The molecule has 0 fully saturated rings. The van der Waals surface area contributed by atoms with Gasteiger partial charge in [0, 0.05) is 0 Å². The summed E-state index contributed by atoms with van der Waals surface area (Å²) in [6.07, 6.45) is -0.0782. The first kappa shape index (κ1) is 10.1. The summed E-state index contributed by atoms with van der Waals surface area (Å²) in [5, 5.41) is 2.74. The second kappa shape index (κ2) is 4.04. The molecule has 0 bridgehead atoms. The zero-order valence-electron chi connectivity index (χ0n) is 6.33. The van der Waals surface area contributed by atoms with Gasteiger partial charge in [-0.25, -0.2) is 0 Å². The summed E-state index contributed by atoms with van der Waals surface area (Å²) in [6.45, 7) is 4.70. The fraction of sp³-hybridized carbons (Fsp3) is 1.00. The molecule has 0 radical (unpaired) electrons. The predicted molar refractivity (Wildman–Crippen MR) is 40.1 cm³/mol. The molecule has 0 heterocycles. The van der Waals surface area contributed by atoms with Crippen molar-refractivity contribution in [3.63, 3.8) is 0 Å². The third kappa shape index (κ3) is 8.06. The van der Waals surface area contributed by atoms with Crippen molar-refractivity contribution in [2.75, 3.05) is 12.7 Å². The highest BCUT2D eigenvalue weighted by molar-refractivity contribution is 6.56. The molecule has 0 unspecified atom stereocenters. The largest absolute Gasteiger partial charge is 0.507 e. The van der Waals surface area contributed by atoms with E-state index in [1.165, 1.54) is 0 Å². The van der Waals surface area contributed by atoms with Crippen LogP contribution in [0.1, 0.15) is 13.8 Å². The molecule has 62 valence electrons. The third-order valence-corrected chi connectivity index (χ3v) is 1.64. The molecule has 5 heteroatoms. The van der Waals surface area contributed by atoms with E-state index in [0.717, 1.165) is 0 Å². The van der Waals surface area contributed by atoms with Crippen LogP contribution in [0.25, 0.3) is 0 Å². The van der Waals surface area contributed by atoms with Crippen molar-refractivity contribution in [2.45, 2.75) is 13.8 Å². The molecule has 0 atom stereocenters. The van der Waals surface area contributed by atoms with Crippen LogP contribution in [0, 0.1) is 5.92 Å². The standard InChI is InChI=1S/C5H15NO3Si/c1-5(2)3-6-4-10(7,8)9/h5-9H,3-4H2,1-2H3. The second-order valence-corrected chi connectivity index (χ2v) is 4.70. The van der Waals surface area contributed by atoms with Gasteiger partial charge in [0.1, 0.15) is 0 Å². The Morgan fingerprint density at radius 3 is 2.10 bits per heavy atom. The molecule has 0 rings (SSSR count). The minimum atomic E-state index is -3.84. The smallest absolute Gasteiger partial charge is 0.389 e. The minimum absolute atomic E-state index is 0.0782. The lowest BCUT2D eigenvalue weighted by molar-refractivity contribution is 0.224. The fourth-order valence-corrected chi connectivity index (χ4v) is 1.01. The minimum Gasteiger partial charge on any atom is -0.389 e. The maximum atomic E-state index is 8.52. The average Bonchev–Trinajstić information content (AvgIpc) is 1.59. The van der Waals surface area contributed by atoms with E-state index in [4.69, 9.17) is 14.4 Å². The summed E-state index contributed by atoms with van der Waals surface area (Å²) in [6, 6.07) is 0. The van der Waals surface area contributed by atoms with E-state index in [1.54, 1.807) is 0 Å². The molecule has 0 aromatic carbocycles. The first-order valence-electron chi connectivity index (χ1n) is 3.29. The van der Waals surface area contributed by atoms with Crippen LogP contribution in [0.3, 0.4) is 0 Å². The van der Waals surface area contributed by atoms with Crippen LogP contribution in [-0.2, 0) is 0 Å². The van der Waals surface area contributed by atoms with Crippen molar-refractivity contribution in [1.82, 2.24) is 5.32 Å². The highest BCUT2D eigenvalue weighted by Crippen LogP contribution is 1.88. The first-order valence-corrected chi connectivity index (χ1v) is 5.34. The molecule has 0 amide bonds. The van der Waals surface area contributed by atoms with Gasteiger partial charge < -0.3 is 19.7 Å². The predicted octanol–water partition coefficient (Wildman–Crippen LogP) is -1.31. The van der Waals surface area contributed by atoms with Crippen LogP contribution in [0.4, 0.5) is 0 Å². The zero-order valence-corrected chi connectivity index (χ0v) is 7.33. The van der Waals surface area contributed by atoms with Gasteiger partial charge in [-0.05, 0) is 12.5 Å². The van der Waals surface area contributed by atoms with Crippen molar-refractivity contribution in [3.05, 3.63) is 0 Å². The lowest BCUT2D eigenvalue weighted by Gasteiger charge is -2.11. The van der Waals surface area contributed by atoms with E-state index in [1.807, 2.05) is 13.8 Å². The molecule has 0 aliphatic heterocycles. The Kier molecular flexibility index (Phi) is 4.07. The Morgan fingerprint density at radius 2 is 1.80 bits per heavy atom. The lowest BCUT2D eigenvalue weighted by atomic mass is 10.2. The van der Waals surface area contributed by atoms with Gasteiger partial charge in [-0.15, -0.1) is 0 Å². The summed E-state index contributed by atoms with van der Waals surface area (Å²) in [5.74, 6) is 0.455. The summed E-state index contributed by atoms with van der Waals surface area (Å²) in [7, 11) is -3.84. The molecule has 0 aromatic heterocycles. The van der Waals surface area contributed by atoms with Gasteiger partial charge in [-0.2, -0.15) is 0 Å². The molecule has 0 spiro atoms.